The van der Waals surface area contributed by atoms with Crippen molar-refractivity contribution >= 4 is 33.4 Å². The van der Waals surface area contributed by atoms with Gasteiger partial charge in [-0.15, -0.1) is 0 Å². The first-order valence-electron chi connectivity index (χ1n) is 7.08. The molecular weight excluding hydrogens is 382 g/mol. The Morgan fingerprint density at radius 2 is 1.83 bits per heavy atom. The molecule has 0 spiro atoms. The normalized spacial score (nSPS) is 10.2. The van der Waals surface area contributed by atoms with Crippen LogP contribution in [0.2, 0.25) is 5.02 Å². The van der Waals surface area contributed by atoms with Gasteiger partial charge in [-0.05, 0) is 48.9 Å². The van der Waals surface area contributed by atoms with Crippen molar-refractivity contribution in [3.8, 4) is 11.5 Å². The summed E-state index contributed by atoms with van der Waals surface area (Å²) >= 11 is 9.36. The lowest BCUT2D eigenvalue weighted by molar-refractivity contribution is -0.123. The minimum atomic E-state index is -0.196. The first-order chi connectivity index (χ1) is 11.0. The average molecular weight is 399 g/mol. The fraction of sp³-hybridized carbons (Fsp3) is 0.235. The van der Waals surface area contributed by atoms with Crippen LogP contribution in [-0.4, -0.2) is 25.7 Å². The van der Waals surface area contributed by atoms with E-state index in [0.29, 0.717) is 29.7 Å². The molecule has 0 radical (unpaired) electrons. The van der Waals surface area contributed by atoms with Crippen molar-refractivity contribution in [1.29, 1.82) is 0 Å². The van der Waals surface area contributed by atoms with Crippen LogP contribution in [0.3, 0.4) is 0 Å². The molecule has 0 unspecified atom stereocenters. The number of ether oxygens (including phenoxy) is 2. The molecule has 1 amide bonds. The van der Waals surface area contributed by atoms with Crippen LogP contribution in [0.1, 0.15) is 5.56 Å². The van der Waals surface area contributed by atoms with E-state index in [1.165, 1.54) is 0 Å². The Morgan fingerprint density at radius 1 is 1.13 bits per heavy atom. The Hall–Kier alpha value is -1.72. The van der Waals surface area contributed by atoms with Crippen LogP contribution in [0, 0.1) is 6.92 Å². The molecule has 1 N–H and O–H groups in total. The number of hydrogen-bond acceptors (Lipinski definition) is 3. The zero-order valence-corrected chi connectivity index (χ0v) is 15.0. The summed E-state index contributed by atoms with van der Waals surface area (Å²) < 4.78 is 11.9. The van der Waals surface area contributed by atoms with Crippen molar-refractivity contribution in [1.82, 2.24) is 5.32 Å². The van der Waals surface area contributed by atoms with Gasteiger partial charge in [-0.25, -0.2) is 0 Å². The van der Waals surface area contributed by atoms with Gasteiger partial charge in [0, 0.05) is 9.50 Å². The molecule has 0 aromatic heterocycles. The number of rotatable bonds is 7. The summed E-state index contributed by atoms with van der Waals surface area (Å²) in [6.45, 7) is 2.66. The van der Waals surface area contributed by atoms with E-state index in [-0.39, 0.29) is 12.5 Å². The highest BCUT2D eigenvalue weighted by molar-refractivity contribution is 9.10. The standard InChI is InChI=1S/C17H17BrClNO3/c1-12-2-5-15(10-16(12)19)22-9-8-20-17(21)11-23-14-6-3-13(18)4-7-14/h2-7,10H,8-9,11H2,1H3,(H,20,21). The van der Waals surface area contributed by atoms with Crippen LogP contribution in [0.15, 0.2) is 46.9 Å². The lowest BCUT2D eigenvalue weighted by Gasteiger charge is -2.09. The van der Waals surface area contributed by atoms with E-state index in [1.54, 1.807) is 18.2 Å². The lowest BCUT2D eigenvalue weighted by Crippen LogP contribution is -2.32. The van der Waals surface area contributed by atoms with Crippen molar-refractivity contribution in [3.05, 3.63) is 57.5 Å². The molecule has 0 aliphatic heterocycles. The number of carbonyl (C=O) groups is 1. The highest BCUT2D eigenvalue weighted by atomic mass is 79.9. The summed E-state index contributed by atoms with van der Waals surface area (Å²) in [5, 5.41) is 3.39. The summed E-state index contributed by atoms with van der Waals surface area (Å²) in [4.78, 5) is 11.7. The number of amides is 1. The number of hydrogen-bond donors (Lipinski definition) is 1. The van der Waals surface area contributed by atoms with Crippen LogP contribution in [0.25, 0.3) is 0 Å². The van der Waals surface area contributed by atoms with Crippen LogP contribution in [0.5, 0.6) is 11.5 Å². The second-order valence-corrected chi connectivity index (χ2v) is 6.17. The van der Waals surface area contributed by atoms with Crippen LogP contribution >= 0.6 is 27.5 Å². The van der Waals surface area contributed by atoms with E-state index < -0.39 is 0 Å². The minimum Gasteiger partial charge on any atom is -0.492 e. The maximum absolute atomic E-state index is 11.7. The molecule has 0 fully saturated rings. The minimum absolute atomic E-state index is 0.0298. The fourth-order valence-electron chi connectivity index (χ4n) is 1.75. The monoisotopic (exact) mass is 397 g/mol. The maximum atomic E-state index is 11.7. The van der Waals surface area contributed by atoms with Gasteiger partial charge in [0.15, 0.2) is 6.61 Å². The van der Waals surface area contributed by atoms with Gasteiger partial charge in [0.1, 0.15) is 18.1 Å². The van der Waals surface area contributed by atoms with Crippen LogP contribution in [0.4, 0.5) is 0 Å². The van der Waals surface area contributed by atoms with Crippen molar-refractivity contribution < 1.29 is 14.3 Å². The molecular formula is C17H17BrClNO3. The van der Waals surface area contributed by atoms with Crippen molar-refractivity contribution in [2.24, 2.45) is 0 Å². The smallest absolute Gasteiger partial charge is 0.258 e. The predicted molar refractivity (Wildman–Crippen MR) is 94.3 cm³/mol. The highest BCUT2D eigenvalue weighted by Gasteiger charge is 2.03. The van der Waals surface area contributed by atoms with E-state index in [4.69, 9.17) is 21.1 Å². The molecule has 6 heteroatoms. The number of nitrogens with one attached hydrogen (secondary N) is 1. The fourth-order valence-corrected chi connectivity index (χ4v) is 2.19. The third-order valence-corrected chi connectivity index (χ3v) is 3.96. The van der Waals surface area contributed by atoms with Crippen LogP contribution < -0.4 is 14.8 Å². The molecule has 23 heavy (non-hydrogen) atoms. The number of carbonyl (C=O) groups excluding carboxylic acids is 1. The summed E-state index contributed by atoms with van der Waals surface area (Å²) in [7, 11) is 0. The molecule has 2 aromatic rings. The second kappa shape index (κ2) is 8.79. The molecule has 0 aliphatic carbocycles. The first-order valence-corrected chi connectivity index (χ1v) is 8.26. The van der Waals surface area contributed by atoms with Crippen molar-refractivity contribution in [2.45, 2.75) is 6.92 Å². The van der Waals surface area contributed by atoms with Gasteiger partial charge in [-0.2, -0.15) is 0 Å². The summed E-state index contributed by atoms with van der Waals surface area (Å²) in [5.74, 6) is 1.13. The van der Waals surface area contributed by atoms with E-state index in [0.717, 1.165) is 10.0 Å². The second-order valence-electron chi connectivity index (χ2n) is 4.85. The van der Waals surface area contributed by atoms with Gasteiger partial charge in [0.2, 0.25) is 0 Å². The molecule has 0 saturated carbocycles. The number of aryl methyl sites for hydroxylation is 1. The van der Waals surface area contributed by atoms with E-state index in [9.17, 15) is 4.79 Å². The average Bonchev–Trinajstić information content (AvgIpc) is 2.54. The molecule has 2 rings (SSSR count). The SMILES string of the molecule is Cc1ccc(OCCNC(=O)COc2ccc(Br)cc2)cc1Cl. The molecule has 4 nitrogen and oxygen atoms in total. The van der Waals surface area contributed by atoms with Gasteiger partial charge >= 0.3 is 0 Å². The van der Waals surface area contributed by atoms with E-state index in [1.807, 2.05) is 31.2 Å². The topological polar surface area (TPSA) is 47.6 Å². The van der Waals surface area contributed by atoms with Gasteiger partial charge < -0.3 is 14.8 Å². The number of halogens is 2. The molecule has 0 aliphatic rings. The molecule has 122 valence electrons. The third-order valence-electron chi connectivity index (χ3n) is 3.02. The Morgan fingerprint density at radius 3 is 2.52 bits per heavy atom. The van der Waals surface area contributed by atoms with Crippen LogP contribution in [-0.2, 0) is 4.79 Å². The lowest BCUT2D eigenvalue weighted by atomic mass is 10.2. The molecule has 0 atom stereocenters. The zero-order valence-electron chi connectivity index (χ0n) is 12.6. The molecule has 0 saturated heterocycles. The maximum Gasteiger partial charge on any atom is 0.258 e. The van der Waals surface area contributed by atoms with Gasteiger partial charge in [-0.3, -0.25) is 4.79 Å². The number of benzene rings is 2. The summed E-state index contributed by atoms with van der Waals surface area (Å²) in [5.41, 5.74) is 0.998. The first kappa shape index (κ1) is 17.6. The van der Waals surface area contributed by atoms with Gasteiger partial charge in [0.25, 0.3) is 5.91 Å². The third kappa shape index (κ3) is 6.12. The van der Waals surface area contributed by atoms with Gasteiger partial charge in [-0.1, -0.05) is 33.6 Å². The molecule has 0 heterocycles. The zero-order chi connectivity index (χ0) is 16.7. The van der Waals surface area contributed by atoms with Crippen molar-refractivity contribution in [2.75, 3.05) is 19.8 Å². The Balaban J connectivity index is 1.64. The van der Waals surface area contributed by atoms with Crippen molar-refractivity contribution in [3.63, 3.8) is 0 Å². The quantitative estimate of drug-likeness (QED) is 0.718. The molecule has 2 aromatic carbocycles. The summed E-state index contributed by atoms with van der Waals surface area (Å²) in [6.07, 6.45) is 0. The predicted octanol–water partition coefficient (Wildman–Crippen LogP) is 3.98. The van der Waals surface area contributed by atoms with E-state index in [2.05, 4.69) is 21.2 Å². The Bertz CT molecular complexity index is 661. The molecule has 0 bridgehead atoms. The Kier molecular flexibility index (Phi) is 6.74. The largest absolute Gasteiger partial charge is 0.492 e. The highest BCUT2D eigenvalue weighted by Crippen LogP contribution is 2.21. The summed E-state index contributed by atoms with van der Waals surface area (Å²) in [6, 6.07) is 12.8. The van der Waals surface area contributed by atoms with Gasteiger partial charge in [0.05, 0.1) is 6.54 Å². The Labute approximate surface area is 148 Å². The van der Waals surface area contributed by atoms with E-state index >= 15 is 0 Å².